The zero-order chi connectivity index (χ0) is 42.2. The Bertz CT molecular complexity index is 2400. The minimum atomic E-state index is 0.230. The van der Waals surface area contributed by atoms with Gasteiger partial charge in [-0.15, -0.1) is 0 Å². The first-order chi connectivity index (χ1) is 29.6. The summed E-state index contributed by atoms with van der Waals surface area (Å²) in [7, 11) is 3.80. The quantitative estimate of drug-likeness (QED) is 0.156. The van der Waals surface area contributed by atoms with Crippen LogP contribution in [0.2, 0.25) is 9.26 Å². The molecule has 1 aromatic heterocycles. The predicted octanol–water partition coefficient (Wildman–Crippen LogP) is 15.2. The Kier molecular flexibility index (Phi) is 11.3. The molecule has 8 aliphatic carbocycles. The number of rotatable bonds is 8. The van der Waals surface area contributed by atoms with E-state index >= 15 is 0 Å². The number of hydrogen-bond acceptors (Lipinski definition) is 3. The Morgan fingerprint density at radius 3 is 1.43 bits per heavy atom. The van der Waals surface area contributed by atoms with Crippen molar-refractivity contribution in [1.82, 2.24) is 4.98 Å². The van der Waals surface area contributed by atoms with Gasteiger partial charge in [0.1, 0.15) is 11.5 Å². The first-order valence-corrected chi connectivity index (χ1v) is 28.6. The van der Waals surface area contributed by atoms with Crippen molar-refractivity contribution >= 4 is 0 Å². The van der Waals surface area contributed by atoms with Crippen LogP contribution in [0.5, 0.6) is 11.5 Å². The Labute approximate surface area is 378 Å². The summed E-state index contributed by atoms with van der Waals surface area (Å²) in [6, 6.07) is 30.1. The van der Waals surface area contributed by atoms with Crippen LogP contribution >= 0.6 is 0 Å². The van der Waals surface area contributed by atoms with Crippen molar-refractivity contribution in [3.63, 3.8) is 0 Å². The van der Waals surface area contributed by atoms with E-state index in [0.29, 0.717) is 5.92 Å². The van der Waals surface area contributed by atoms with Gasteiger partial charge in [0, 0.05) is 27.8 Å². The summed E-state index contributed by atoms with van der Waals surface area (Å²) in [5, 5.41) is 0. The fourth-order valence-corrected chi connectivity index (χ4v) is 14.9. The van der Waals surface area contributed by atoms with Gasteiger partial charge in [0.2, 0.25) is 0 Å². The molecule has 0 saturated heterocycles. The Hall–Kier alpha value is -3.49. The number of methoxy groups -OCH3 is 2. The summed E-state index contributed by atoms with van der Waals surface area (Å²) in [5.74, 6) is 8.83. The van der Waals surface area contributed by atoms with Gasteiger partial charge in [-0.05, 0) is 215 Å². The molecule has 0 radical (unpaired) electrons. The third-order valence-electron chi connectivity index (χ3n) is 16.3. The molecule has 0 unspecified atom stereocenters. The Morgan fingerprint density at radius 2 is 0.934 bits per heavy atom. The topological polar surface area (TPSA) is 31.4 Å². The van der Waals surface area contributed by atoms with E-state index in [1.54, 1.807) is 0 Å². The molecule has 3 nitrogen and oxygen atoms in total. The average molecular weight is 889 g/mol. The summed E-state index contributed by atoms with van der Waals surface area (Å²) in [4.78, 5) is 5.59. The van der Waals surface area contributed by atoms with Gasteiger partial charge in [0.25, 0.3) is 0 Å². The van der Waals surface area contributed by atoms with Crippen molar-refractivity contribution in [3.8, 4) is 56.3 Å². The molecule has 0 N–H and O–H groups in total. The molecular formula is C57H67NO2Zr. The van der Waals surface area contributed by atoms with Crippen LogP contribution in [0.1, 0.15) is 110 Å². The van der Waals surface area contributed by atoms with Crippen molar-refractivity contribution in [1.29, 1.82) is 0 Å². The molecule has 8 saturated carbocycles. The molecule has 4 aromatic carbocycles. The summed E-state index contributed by atoms with van der Waals surface area (Å²) < 4.78 is 17.7. The van der Waals surface area contributed by atoms with E-state index in [4.69, 9.17) is 14.5 Å². The fourth-order valence-electron chi connectivity index (χ4n) is 14.9. The maximum atomic E-state index is 6.55. The van der Waals surface area contributed by atoms with Crippen LogP contribution in [0.25, 0.3) is 44.8 Å². The number of nitrogens with zero attached hydrogens (tertiary/aromatic N) is 1. The van der Waals surface area contributed by atoms with E-state index in [0.717, 1.165) is 75.4 Å². The zero-order valence-corrected chi connectivity index (χ0v) is 40.6. The SMILES string of the molecule is COc1c(-c2ccc(C)cc2-c2cccc(-c3cc(C)ccc3-c3cc(C)cc(C45CC6CC(CC(C6)C4)C5)c3OC)n2)cc(C)cc1C1C2CC3CC(C2)CC1C3.[CH3][Zr][CH3]. The first-order valence-electron chi connectivity index (χ1n) is 23.7. The molecule has 0 spiro atoms. The second-order valence-electron chi connectivity index (χ2n) is 21.0. The Morgan fingerprint density at radius 1 is 0.492 bits per heavy atom. The van der Waals surface area contributed by atoms with Crippen LogP contribution in [0.4, 0.5) is 0 Å². The van der Waals surface area contributed by atoms with E-state index in [-0.39, 0.29) is 28.6 Å². The molecule has 0 atom stereocenters. The average Bonchev–Trinajstić information content (AvgIpc) is 3.23. The number of pyridine rings is 1. The molecular weight excluding hydrogens is 822 g/mol. The number of ether oxygens (including phenoxy) is 2. The van der Waals surface area contributed by atoms with Gasteiger partial charge in [-0.25, -0.2) is 4.98 Å². The Balaban J connectivity index is 0.00000144. The van der Waals surface area contributed by atoms with Crippen LogP contribution in [-0.2, 0) is 28.6 Å². The fraction of sp³-hybridized carbons (Fsp3) is 0.491. The van der Waals surface area contributed by atoms with Gasteiger partial charge < -0.3 is 9.47 Å². The number of hydrogen-bond donors (Lipinski definition) is 0. The van der Waals surface area contributed by atoms with Crippen molar-refractivity contribution in [3.05, 3.63) is 112 Å². The van der Waals surface area contributed by atoms with Crippen LogP contribution in [0, 0.1) is 69.1 Å². The van der Waals surface area contributed by atoms with E-state index in [1.807, 2.05) is 14.2 Å². The van der Waals surface area contributed by atoms with Crippen LogP contribution in [0.15, 0.2) is 78.9 Å². The summed E-state index contributed by atoms with van der Waals surface area (Å²) in [5.41, 5.74) is 17.4. The molecule has 0 aliphatic heterocycles. The molecule has 8 bridgehead atoms. The van der Waals surface area contributed by atoms with Crippen LogP contribution < -0.4 is 9.47 Å². The normalized spacial score (nSPS) is 29.0. The third-order valence-corrected chi connectivity index (χ3v) is 16.3. The van der Waals surface area contributed by atoms with Crippen molar-refractivity contribution in [2.75, 3.05) is 14.2 Å². The maximum absolute atomic E-state index is 6.55. The molecule has 5 aromatic rings. The number of aromatic nitrogens is 1. The van der Waals surface area contributed by atoms with Gasteiger partial charge in [0.15, 0.2) is 0 Å². The summed E-state index contributed by atoms with van der Waals surface area (Å²) in [6.07, 6.45) is 15.3. The molecule has 1 heterocycles. The number of benzene rings is 4. The molecule has 316 valence electrons. The monoisotopic (exact) mass is 887 g/mol. The minimum absolute atomic E-state index is 0.230. The molecule has 4 heteroatoms. The van der Waals surface area contributed by atoms with Crippen molar-refractivity contribution in [2.45, 2.75) is 119 Å². The molecule has 61 heavy (non-hydrogen) atoms. The summed E-state index contributed by atoms with van der Waals surface area (Å²) in [6.45, 7) is 8.97. The second kappa shape index (κ2) is 16.6. The van der Waals surface area contributed by atoms with Crippen LogP contribution in [0.3, 0.4) is 0 Å². The van der Waals surface area contributed by atoms with Gasteiger partial charge in [-0.2, -0.15) is 0 Å². The van der Waals surface area contributed by atoms with Gasteiger partial charge in [-0.1, -0.05) is 53.6 Å². The zero-order valence-electron chi connectivity index (χ0n) is 38.2. The third kappa shape index (κ3) is 7.51. The number of aryl methyl sites for hydroxylation is 4. The molecule has 0 amide bonds. The predicted molar refractivity (Wildman–Crippen MR) is 249 cm³/mol. The van der Waals surface area contributed by atoms with Crippen LogP contribution in [-0.4, -0.2) is 19.2 Å². The standard InChI is InChI=1S/C55H61NO2.2CH3.Zr/c1-31-10-12-42(46-16-33(3)18-48(53(46)57-5)52-40-24-35-20-36(26-40)27-41(52)25-35)44(14-31)50-8-7-9-51(56-50)45-15-32(2)11-13-43(45)47-17-34(4)19-49(54(47)58-6)55-28-37-21-38(29-55)23-39(22-37)30-55;;;/h7-19,35-41,52H,20-30H2,1-6H3;2*1H3;. The molecule has 8 fully saturated rings. The molecule has 8 aliphatic rings. The van der Waals surface area contributed by atoms with E-state index in [1.165, 1.54) is 126 Å². The van der Waals surface area contributed by atoms with E-state index in [2.05, 4.69) is 116 Å². The van der Waals surface area contributed by atoms with Gasteiger partial charge in [-0.3, -0.25) is 0 Å². The van der Waals surface area contributed by atoms with Gasteiger partial charge >= 0.3 is 32.5 Å². The second-order valence-corrected chi connectivity index (χ2v) is 23.4. The summed E-state index contributed by atoms with van der Waals surface area (Å²) >= 11 is 0.230. The van der Waals surface area contributed by atoms with Crippen molar-refractivity contribution < 1.29 is 32.7 Å². The van der Waals surface area contributed by atoms with Crippen molar-refractivity contribution in [2.24, 2.45) is 41.4 Å². The first kappa shape index (κ1) is 41.5. The molecule has 13 rings (SSSR count). The van der Waals surface area contributed by atoms with E-state index < -0.39 is 0 Å². The van der Waals surface area contributed by atoms with E-state index in [9.17, 15) is 0 Å². The van der Waals surface area contributed by atoms with Gasteiger partial charge in [0.05, 0.1) is 25.6 Å².